The van der Waals surface area contributed by atoms with Crippen LogP contribution in [0, 0.1) is 0 Å². The molecule has 1 N–H and O–H groups in total. The highest BCUT2D eigenvalue weighted by molar-refractivity contribution is 5.75. The van der Waals surface area contributed by atoms with Gasteiger partial charge in [0, 0.05) is 6.42 Å². The Bertz CT molecular complexity index is 201. The van der Waals surface area contributed by atoms with Crippen LogP contribution in [0.15, 0.2) is 0 Å². The van der Waals surface area contributed by atoms with Crippen LogP contribution in [0.1, 0.15) is 26.7 Å². The highest BCUT2D eigenvalue weighted by atomic mass is 19.4. The van der Waals surface area contributed by atoms with Crippen molar-refractivity contribution in [2.24, 2.45) is 0 Å². The van der Waals surface area contributed by atoms with E-state index in [0.29, 0.717) is 6.42 Å². The fraction of sp³-hybridized carbons (Fsp3) is 0.750. The molecule has 0 aromatic carbocycles. The molecule has 0 amide bonds. The van der Waals surface area contributed by atoms with Gasteiger partial charge < -0.3 is 9.84 Å². The summed E-state index contributed by atoms with van der Waals surface area (Å²) >= 11 is 0. The second-order valence-corrected chi connectivity index (χ2v) is 2.36. The Morgan fingerprint density at radius 1 is 1.27 bits per heavy atom. The van der Waals surface area contributed by atoms with Crippen molar-refractivity contribution in [1.29, 1.82) is 0 Å². The van der Waals surface area contributed by atoms with Gasteiger partial charge in [0.1, 0.15) is 0 Å². The molecule has 0 radical (unpaired) electrons. The summed E-state index contributed by atoms with van der Waals surface area (Å²) in [7, 11) is 0. The number of carbonyl (C=O) groups is 2. The summed E-state index contributed by atoms with van der Waals surface area (Å²) in [6, 6.07) is 0. The quantitative estimate of drug-likeness (QED) is 0.753. The van der Waals surface area contributed by atoms with Gasteiger partial charge in [-0.1, -0.05) is 6.92 Å². The number of rotatable bonds is 3. The fourth-order valence-corrected chi connectivity index (χ4v) is 0.427. The number of carbonyl (C=O) groups excluding carboxylic acids is 1. The van der Waals surface area contributed by atoms with Crippen LogP contribution in [-0.2, 0) is 14.3 Å². The van der Waals surface area contributed by atoms with Crippen molar-refractivity contribution in [3.63, 3.8) is 0 Å². The van der Waals surface area contributed by atoms with Gasteiger partial charge in [-0.2, -0.15) is 13.2 Å². The summed E-state index contributed by atoms with van der Waals surface area (Å²) in [6.07, 6.45) is -3.83. The topological polar surface area (TPSA) is 63.6 Å². The lowest BCUT2D eigenvalue weighted by Crippen LogP contribution is -2.25. The second-order valence-electron chi connectivity index (χ2n) is 2.36. The Labute approximate surface area is 85.0 Å². The van der Waals surface area contributed by atoms with Crippen LogP contribution in [-0.4, -0.2) is 29.8 Å². The van der Waals surface area contributed by atoms with Crippen molar-refractivity contribution >= 4 is 11.9 Å². The van der Waals surface area contributed by atoms with E-state index in [2.05, 4.69) is 4.74 Å². The first-order valence-corrected chi connectivity index (χ1v) is 4.21. The van der Waals surface area contributed by atoms with Gasteiger partial charge >= 0.3 is 18.1 Å². The van der Waals surface area contributed by atoms with E-state index in [1.54, 1.807) is 0 Å². The maximum atomic E-state index is 11.2. The monoisotopic (exact) mass is 230 g/mol. The van der Waals surface area contributed by atoms with Crippen LogP contribution >= 0.6 is 0 Å². The van der Waals surface area contributed by atoms with Gasteiger partial charge in [0.15, 0.2) is 0 Å². The average Bonchev–Trinajstić information content (AvgIpc) is 2.03. The molecule has 0 aromatic rings. The van der Waals surface area contributed by atoms with Gasteiger partial charge in [-0.05, 0) is 13.3 Å². The van der Waals surface area contributed by atoms with E-state index in [9.17, 15) is 22.8 Å². The average molecular weight is 230 g/mol. The molecular weight excluding hydrogens is 217 g/mol. The van der Waals surface area contributed by atoms with Crippen LogP contribution < -0.4 is 0 Å². The zero-order valence-corrected chi connectivity index (χ0v) is 8.43. The van der Waals surface area contributed by atoms with E-state index >= 15 is 0 Å². The molecule has 0 bridgehead atoms. The van der Waals surface area contributed by atoms with Crippen LogP contribution in [0.25, 0.3) is 0 Å². The maximum Gasteiger partial charge on any atom is 0.490 e. The van der Waals surface area contributed by atoms with Gasteiger partial charge in [0.25, 0.3) is 0 Å². The highest BCUT2D eigenvalue weighted by Crippen LogP contribution is 2.15. The molecule has 15 heavy (non-hydrogen) atoms. The van der Waals surface area contributed by atoms with Gasteiger partial charge in [0.05, 0.1) is 6.61 Å². The molecule has 0 aliphatic heterocycles. The van der Waals surface area contributed by atoms with Crippen molar-refractivity contribution in [3.05, 3.63) is 0 Å². The molecule has 90 valence electrons. The Kier molecular flexibility index (Phi) is 8.70. The van der Waals surface area contributed by atoms with Crippen molar-refractivity contribution in [3.8, 4) is 0 Å². The normalized spacial score (nSPS) is 9.93. The molecule has 7 heteroatoms. The number of carboxylic acid groups (broad SMARTS) is 1. The van der Waals surface area contributed by atoms with Crippen molar-refractivity contribution in [1.82, 2.24) is 0 Å². The minimum Gasteiger partial charge on any atom is -0.481 e. The predicted octanol–water partition coefficient (Wildman–Crippen LogP) is 1.98. The first-order chi connectivity index (χ1) is 6.75. The van der Waals surface area contributed by atoms with Crippen LogP contribution in [0.5, 0.6) is 0 Å². The molecule has 0 aliphatic carbocycles. The third-order valence-corrected chi connectivity index (χ3v) is 0.971. The van der Waals surface area contributed by atoms with Gasteiger partial charge in [-0.15, -0.1) is 0 Å². The number of carboxylic acids is 1. The molecule has 0 spiro atoms. The lowest BCUT2D eigenvalue weighted by molar-refractivity contribution is -0.199. The molecule has 0 rings (SSSR count). The molecule has 0 heterocycles. The predicted molar refractivity (Wildman–Crippen MR) is 45.2 cm³/mol. The number of ether oxygens (including phenoxy) is 1. The van der Waals surface area contributed by atoms with E-state index in [1.165, 1.54) is 6.92 Å². The second kappa shape index (κ2) is 8.07. The Hall–Kier alpha value is -1.27. The number of aliphatic carboxylic acids is 1. The Morgan fingerprint density at radius 3 is 1.80 bits per heavy atom. The standard InChI is InChI=1S/C4H5F3O2.C4H8O2/c1-2-9-3(8)4(5,6)7;1-2-3-4(5)6/h2H2,1H3;2-3H2,1H3,(H,5,6). The smallest absolute Gasteiger partial charge is 0.481 e. The molecule has 0 aromatic heterocycles. The summed E-state index contributed by atoms with van der Waals surface area (Å²) in [5.74, 6) is -2.84. The lowest BCUT2D eigenvalue weighted by atomic mass is 10.4. The fourth-order valence-electron chi connectivity index (χ4n) is 0.427. The van der Waals surface area contributed by atoms with Crippen molar-refractivity contribution < 1.29 is 32.6 Å². The van der Waals surface area contributed by atoms with Crippen molar-refractivity contribution in [2.75, 3.05) is 6.61 Å². The molecule has 0 saturated carbocycles. The molecular formula is C8H13F3O4. The third kappa shape index (κ3) is 12.7. The van der Waals surface area contributed by atoms with E-state index in [1.807, 2.05) is 6.92 Å². The number of alkyl halides is 3. The zero-order valence-electron chi connectivity index (χ0n) is 8.43. The highest BCUT2D eigenvalue weighted by Gasteiger charge is 2.40. The first-order valence-electron chi connectivity index (χ1n) is 4.21. The van der Waals surface area contributed by atoms with Crippen LogP contribution in [0.3, 0.4) is 0 Å². The summed E-state index contributed by atoms with van der Waals surface area (Å²) < 4.78 is 37.1. The minimum atomic E-state index is -4.85. The van der Waals surface area contributed by atoms with E-state index in [-0.39, 0.29) is 6.61 Å². The van der Waals surface area contributed by atoms with Gasteiger partial charge in [0.2, 0.25) is 0 Å². The largest absolute Gasteiger partial charge is 0.490 e. The Balaban J connectivity index is 0. The van der Waals surface area contributed by atoms with Gasteiger partial charge in [-0.3, -0.25) is 4.79 Å². The van der Waals surface area contributed by atoms with Gasteiger partial charge in [-0.25, -0.2) is 4.79 Å². The SMILES string of the molecule is CCCC(=O)O.CCOC(=O)C(F)(F)F. The van der Waals surface area contributed by atoms with Crippen LogP contribution in [0.4, 0.5) is 13.2 Å². The van der Waals surface area contributed by atoms with Crippen molar-refractivity contribution in [2.45, 2.75) is 32.9 Å². The Morgan fingerprint density at radius 2 is 1.73 bits per heavy atom. The number of esters is 1. The van der Waals surface area contributed by atoms with E-state index < -0.39 is 18.1 Å². The molecule has 4 nitrogen and oxygen atoms in total. The lowest BCUT2D eigenvalue weighted by Gasteiger charge is -2.02. The summed E-state index contributed by atoms with van der Waals surface area (Å²) in [4.78, 5) is 19.3. The molecule has 0 fully saturated rings. The summed E-state index contributed by atoms with van der Waals surface area (Å²) in [5, 5.41) is 7.91. The summed E-state index contributed by atoms with van der Waals surface area (Å²) in [5.41, 5.74) is 0. The summed E-state index contributed by atoms with van der Waals surface area (Å²) in [6.45, 7) is 2.90. The van der Waals surface area contributed by atoms with E-state index in [0.717, 1.165) is 6.42 Å². The molecule has 0 aliphatic rings. The maximum absolute atomic E-state index is 11.2. The van der Waals surface area contributed by atoms with E-state index in [4.69, 9.17) is 5.11 Å². The number of halogens is 3. The van der Waals surface area contributed by atoms with Crippen LogP contribution in [0.2, 0.25) is 0 Å². The number of hydrogen-bond donors (Lipinski definition) is 1. The molecule has 0 saturated heterocycles. The third-order valence-electron chi connectivity index (χ3n) is 0.971. The molecule has 0 atom stereocenters. The molecule has 0 unspecified atom stereocenters. The number of hydrogen-bond acceptors (Lipinski definition) is 3. The minimum absolute atomic E-state index is 0.252. The zero-order chi connectivity index (χ0) is 12.5. The first kappa shape index (κ1) is 16.2.